The average Bonchev–Trinajstić information content (AvgIpc) is 3.55. The van der Waals surface area contributed by atoms with Gasteiger partial charge in [0, 0.05) is 27.7 Å². The van der Waals surface area contributed by atoms with Crippen LogP contribution in [0.15, 0.2) is 174 Å². The molecule has 0 aliphatic carbocycles. The van der Waals surface area contributed by atoms with Crippen molar-refractivity contribution in [3.63, 3.8) is 0 Å². The molecule has 44 heavy (non-hydrogen) atoms. The Bertz CT molecular complexity index is 2200. The highest BCUT2D eigenvalue weighted by Gasteiger charge is 2.21. The average molecular weight is 565 g/mol. The molecular formula is C41H28N2O. The van der Waals surface area contributed by atoms with Crippen molar-refractivity contribution in [3.05, 3.63) is 170 Å². The molecule has 7 aromatic carbocycles. The van der Waals surface area contributed by atoms with Crippen molar-refractivity contribution in [1.82, 2.24) is 4.98 Å². The van der Waals surface area contributed by atoms with Gasteiger partial charge in [-0.1, -0.05) is 127 Å². The molecule has 0 unspecified atom stereocenters. The summed E-state index contributed by atoms with van der Waals surface area (Å²) in [5, 5.41) is 2.12. The number of benzene rings is 7. The van der Waals surface area contributed by atoms with E-state index in [1.165, 1.54) is 16.7 Å². The molecule has 3 heteroatoms. The lowest BCUT2D eigenvalue weighted by Gasteiger charge is -2.27. The van der Waals surface area contributed by atoms with Gasteiger partial charge < -0.3 is 9.32 Å². The predicted molar refractivity (Wildman–Crippen MR) is 183 cm³/mol. The van der Waals surface area contributed by atoms with E-state index in [-0.39, 0.29) is 0 Å². The van der Waals surface area contributed by atoms with Crippen molar-refractivity contribution in [2.24, 2.45) is 0 Å². The zero-order valence-electron chi connectivity index (χ0n) is 24.0. The maximum Gasteiger partial charge on any atom is 0.227 e. The molecule has 8 rings (SSSR count). The highest BCUT2D eigenvalue weighted by Crippen LogP contribution is 2.43. The van der Waals surface area contributed by atoms with Crippen LogP contribution in [0.3, 0.4) is 0 Å². The molecule has 0 spiro atoms. The predicted octanol–water partition coefficient (Wildman–Crippen LogP) is 11.5. The first-order valence-electron chi connectivity index (χ1n) is 14.8. The smallest absolute Gasteiger partial charge is 0.227 e. The van der Waals surface area contributed by atoms with E-state index in [1.807, 2.05) is 36.4 Å². The summed E-state index contributed by atoms with van der Waals surface area (Å²) >= 11 is 0. The summed E-state index contributed by atoms with van der Waals surface area (Å²) in [6, 6.07) is 59.2. The number of rotatable bonds is 6. The van der Waals surface area contributed by atoms with Gasteiger partial charge in [-0.15, -0.1) is 0 Å². The van der Waals surface area contributed by atoms with E-state index in [1.54, 1.807) is 0 Å². The van der Waals surface area contributed by atoms with Gasteiger partial charge in [0.15, 0.2) is 5.58 Å². The van der Waals surface area contributed by atoms with Crippen LogP contribution in [0.2, 0.25) is 0 Å². The van der Waals surface area contributed by atoms with Gasteiger partial charge in [0.1, 0.15) is 5.52 Å². The number of oxazole rings is 1. The largest absolute Gasteiger partial charge is 0.435 e. The van der Waals surface area contributed by atoms with Crippen molar-refractivity contribution in [3.8, 4) is 33.7 Å². The second-order valence-electron chi connectivity index (χ2n) is 10.8. The van der Waals surface area contributed by atoms with Crippen LogP contribution in [0.1, 0.15) is 0 Å². The molecule has 0 N–H and O–H groups in total. The molecule has 208 valence electrons. The van der Waals surface area contributed by atoms with Crippen LogP contribution in [0.5, 0.6) is 0 Å². The number of anilines is 3. The number of aromatic nitrogens is 1. The summed E-state index contributed by atoms with van der Waals surface area (Å²) in [6.45, 7) is 0. The molecule has 0 aliphatic heterocycles. The number of hydrogen-bond acceptors (Lipinski definition) is 3. The standard InChI is InChI=1S/C41H28N2O/c1-4-13-29(14-5-1)31-23-25-34(26-24-31)43(35-20-12-19-33(27-35)30-15-6-2-7-16-30)39-28-38-40(37-22-11-10-21-36(37)39)44-41(42-38)32-17-8-3-9-18-32/h1-28H. The second-order valence-corrected chi connectivity index (χ2v) is 10.8. The van der Waals surface area contributed by atoms with Crippen molar-refractivity contribution in [1.29, 1.82) is 0 Å². The highest BCUT2D eigenvalue weighted by molar-refractivity contribution is 6.12. The van der Waals surface area contributed by atoms with Crippen molar-refractivity contribution in [2.75, 3.05) is 4.90 Å². The summed E-state index contributed by atoms with van der Waals surface area (Å²) in [4.78, 5) is 7.32. The van der Waals surface area contributed by atoms with Crippen LogP contribution < -0.4 is 4.90 Å². The van der Waals surface area contributed by atoms with Gasteiger partial charge >= 0.3 is 0 Å². The maximum absolute atomic E-state index is 6.43. The molecule has 8 aromatic rings. The summed E-state index contributed by atoms with van der Waals surface area (Å²) in [6.07, 6.45) is 0. The Balaban J connectivity index is 1.35. The third kappa shape index (κ3) is 4.71. The molecule has 0 bridgehead atoms. The van der Waals surface area contributed by atoms with E-state index in [0.29, 0.717) is 5.89 Å². The normalized spacial score (nSPS) is 11.2. The van der Waals surface area contributed by atoms with Gasteiger partial charge in [-0.25, -0.2) is 4.98 Å². The van der Waals surface area contributed by atoms with Gasteiger partial charge in [-0.3, -0.25) is 0 Å². The maximum atomic E-state index is 6.43. The van der Waals surface area contributed by atoms with E-state index in [0.717, 1.165) is 50.1 Å². The molecule has 0 atom stereocenters. The summed E-state index contributed by atoms with van der Waals surface area (Å²) in [5.74, 6) is 0.618. The Hall–Kier alpha value is -5.93. The number of nitrogens with zero attached hydrogens (tertiary/aromatic N) is 2. The first kappa shape index (κ1) is 25.8. The lowest BCUT2D eigenvalue weighted by molar-refractivity contribution is 0.623. The first-order chi connectivity index (χ1) is 21.8. The third-order valence-corrected chi connectivity index (χ3v) is 8.08. The minimum absolute atomic E-state index is 0.618. The van der Waals surface area contributed by atoms with Crippen molar-refractivity contribution >= 4 is 38.9 Å². The lowest BCUT2D eigenvalue weighted by Crippen LogP contribution is -2.10. The summed E-state index contributed by atoms with van der Waals surface area (Å²) in [5.41, 5.74) is 10.4. The van der Waals surface area contributed by atoms with Crippen LogP contribution >= 0.6 is 0 Å². The fourth-order valence-electron chi connectivity index (χ4n) is 5.94. The Kier molecular flexibility index (Phi) is 6.47. The zero-order chi connectivity index (χ0) is 29.3. The topological polar surface area (TPSA) is 29.3 Å². The molecule has 0 saturated heterocycles. The highest BCUT2D eigenvalue weighted by atomic mass is 16.3. The minimum Gasteiger partial charge on any atom is -0.435 e. The van der Waals surface area contributed by atoms with Crippen molar-refractivity contribution < 1.29 is 4.42 Å². The minimum atomic E-state index is 0.618. The van der Waals surface area contributed by atoms with Crippen LogP contribution in [-0.4, -0.2) is 4.98 Å². The quantitative estimate of drug-likeness (QED) is 0.201. The monoisotopic (exact) mass is 564 g/mol. The van der Waals surface area contributed by atoms with Gasteiger partial charge in [0.2, 0.25) is 5.89 Å². The van der Waals surface area contributed by atoms with E-state index < -0.39 is 0 Å². The van der Waals surface area contributed by atoms with Crippen LogP contribution in [0.4, 0.5) is 17.1 Å². The van der Waals surface area contributed by atoms with E-state index in [2.05, 4.69) is 138 Å². The van der Waals surface area contributed by atoms with Crippen LogP contribution in [-0.2, 0) is 0 Å². The van der Waals surface area contributed by atoms with Crippen LogP contribution in [0.25, 0.3) is 55.6 Å². The van der Waals surface area contributed by atoms with E-state index >= 15 is 0 Å². The van der Waals surface area contributed by atoms with E-state index in [9.17, 15) is 0 Å². The molecule has 1 aromatic heterocycles. The van der Waals surface area contributed by atoms with Gasteiger partial charge in [-0.05, 0) is 64.7 Å². The zero-order valence-corrected chi connectivity index (χ0v) is 24.0. The van der Waals surface area contributed by atoms with E-state index in [4.69, 9.17) is 9.40 Å². The summed E-state index contributed by atoms with van der Waals surface area (Å²) in [7, 11) is 0. The molecule has 0 amide bonds. The van der Waals surface area contributed by atoms with Crippen molar-refractivity contribution in [2.45, 2.75) is 0 Å². The molecule has 1 heterocycles. The number of hydrogen-bond donors (Lipinski definition) is 0. The van der Waals surface area contributed by atoms with Gasteiger partial charge in [-0.2, -0.15) is 0 Å². The Morgan fingerprint density at radius 2 is 0.955 bits per heavy atom. The molecule has 0 fully saturated rings. The Morgan fingerprint density at radius 1 is 0.409 bits per heavy atom. The van der Waals surface area contributed by atoms with Gasteiger partial charge in [0.25, 0.3) is 0 Å². The number of fused-ring (bicyclic) bond motifs is 3. The Morgan fingerprint density at radius 3 is 1.64 bits per heavy atom. The molecule has 0 saturated carbocycles. The summed E-state index contributed by atoms with van der Waals surface area (Å²) < 4.78 is 6.43. The third-order valence-electron chi connectivity index (χ3n) is 8.08. The SMILES string of the molecule is c1ccc(-c2ccc(N(c3cccc(-c4ccccc4)c3)c3cc4nc(-c5ccccc5)oc4c4ccccc34)cc2)cc1. The Labute approximate surface area is 256 Å². The molecule has 0 aliphatic rings. The lowest BCUT2D eigenvalue weighted by atomic mass is 10.0. The first-order valence-corrected chi connectivity index (χ1v) is 14.8. The molecular weight excluding hydrogens is 536 g/mol. The fourth-order valence-corrected chi connectivity index (χ4v) is 5.94. The van der Waals surface area contributed by atoms with Crippen LogP contribution in [0, 0.1) is 0 Å². The second kappa shape index (κ2) is 11.0. The van der Waals surface area contributed by atoms with Gasteiger partial charge in [0.05, 0.1) is 5.69 Å². The fraction of sp³-hybridized carbons (Fsp3) is 0. The molecule has 0 radical (unpaired) electrons. The molecule has 3 nitrogen and oxygen atoms in total.